The highest BCUT2D eigenvalue weighted by Crippen LogP contribution is 2.26. The Kier molecular flexibility index (Phi) is 4.05. The molecule has 2 fully saturated rings. The summed E-state index contributed by atoms with van der Waals surface area (Å²) in [5.74, 6) is 2.33. The lowest BCUT2D eigenvalue weighted by Crippen LogP contribution is -2.44. The molecule has 1 aromatic heterocycles. The van der Waals surface area contributed by atoms with Gasteiger partial charge in [0.2, 0.25) is 0 Å². The number of aromatic nitrogens is 2. The molecule has 0 radical (unpaired) electrons. The van der Waals surface area contributed by atoms with Crippen LogP contribution in [0.1, 0.15) is 38.4 Å². The molecule has 0 amide bonds. The molecule has 2 aliphatic rings. The molecule has 5 nitrogen and oxygen atoms in total. The second kappa shape index (κ2) is 5.95. The van der Waals surface area contributed by atoms with Gasteiger partial charge >= 0.3 is 0 Å². The Morgan fingerprint density at radius 1 is 1.40 bits per heavy atom. The maximum atomic E-state index is 11.7. The molecule has 3 heterocycles. The van der Waals surface area contributed by atoms with Gasteiger partial charge < -0.3 is 15.2 Å². The smallest absolute Gasteiger partial charge is 0.252 e. The average Bonchev–Trinajstić information content (AvgIpc) is 3.01. The number of hydrogen-bond donors (Lipinski definition) is 2. The van der Waals surface area contributed by atoms with E-state index in [2.05, 4.69) is 20.2 Å². The third-order valence-electron chi connectivity index (χ3n) is 4.56. The molecule has 2 aliphatic heterocycles. The lowest BCUT2D eigenvalue weighted by atomic mass is 9.90. The first kappa shape index (κ1) is 13.6. The Hall–Kier alpha value is -1.36. The molecule has 20 heavy (non-hydrogen) atoms. The van der Waals surface area contributed by atoms with E-state index >= 15 is 0 Å². The fourth-order valence-corrected chi connectivity index (χ4v) is 3.48. The Labute approximate surface area is 119 Å². The minimum atomic E-state index is -0.0343. The van der Waals surface area contributed by atoms with Gasteiger partial charge in [0.25, 0.3) is 5.56 Å². The lowest BCUT2D eigenvalue weighted by Gasteiger charge is -2.36. The van der Waals surface area contributed by atoms with E-state index in [-0.39, 0.29) is 5.56 Å². The Morgan fingerprint density at radius 3 is 3.05 bits per heavy atom. The van der Waals surface area contributed by atoms with Crippen LogP contribution in [0.15, 0.2) is 10.9 Å². The van der Waals surface area contributed by atoms with Crippen molar-refractivity contribution in [1.82, 2.24) is 15.3 Å². The summed E-state index contributed by atoms with van der Waals surface area (Å²) < 4.78 is 0. The van der Waals surface area contributed by atoms with E-state index in [1.54, 1.807) is 6.07 Å². The van der Waals surface area contributed by atoms with Gasteiger partial charge in [-0.15, -0.1) is 0 Å². The van der Waals surface area contributed by atoms with Gasteiger partial charge in [-0.05, 0) is 38.1 Å². The molecule has 3 rings (SSSR count). The van der Waals surface area contributed by atoms with Gasteiger partial charge in [0, 0.05) is 31.6 Å². The number of hydrogen-bond acceptors (Lipinski definition) is 4. The summed E-state index contributed by atoms with van der Waals surface area (Å²) in [4.78, 5) is 21.4. The number of piperidine rings is 1. The third kappa shape index (κ3) is 2.87. The van der Waals surface area contributed by atoms with Gasteiger partial charge in [0.1, 0.15) is 11.6 Å². The number of H-pyrrole nitrogens is 1. The van der Waals surface area contributed by atoms with Crippen LogP contribution < -0.4 is 15.8 Å². The van der Waals surface area contributed by atoms with Crippen molar-refractivity contribution in [2.75, 3.05) is 24.5 Å². The quantitative estimate of drug-likeness (QED) is 0.873. The molecular formula is C15H24N4O. The Bertz CT molecular complexity index is 507. The first-order chi connectivity index (χ1) is 9.76. The van der Waals surface area contributed by atoms with Gasteiger partial charge in [-0.2, -0.15) is 0 Å². The van der Waals surface area contributed by atoms with Crippen LogP contribution in [0.3, 0.4) is 0 Å². The summed E-state index contributed by atoms with van der Waals surface area (Å²) in [6.07, 6.45) is 5.84. The van der Waals surface area contributed by atoms with Crippen LogP contribution in [0.5, 0.6) is 0 Å². The highest BCUT2D eigenvalue weighted by molar-refractivity contribution is 5.38. The monoisotopic (exact) mass is 276 g/mol. The number of nitrogens with zero attached hydrogens (tertiary/aromatic N) is 2. The van der Waals surface area contributed by atoms with Crippen LogP contribution in [0, 0.1) is 5.92 Å². The number of anilines is 1. The number of nitrogens with one attached hydrogen (secondary N) is 2. The van der Waals surface area contributed by atoms with Crippen molar-refractivity contribution in [3.8, 4) is 0 Å². The van der Waals surface area contributed by atoms with Gasteiger partial charge in [-0.3, -0.25) is 4.79 Å². The van der Waals surface area contributed by atoms with Gasteiger partial charge in [0.15, 0.2) is 0 Å². The second-order valence-corrected chi connectivity index (χ2v) is 5.96. The third-order valence-corrected chi connectivity index (χ3v) is 4.56. The van der Waals surface area contributed by atoms with Crippen LogP contribution in [0.2, 0.25) is 0 Å². The van der Waals surface area contributed by atoms with Crippen LogP contribution in [-0.2, 0) is 6.42 Å². The van der Waals surface area contributed by atoms with Crippen molar-refractivity contribution < 1.29 is 0 Å². The van der Waals surface area contributed by atoms with Crippen LogP contribution in [0.4, 0.5) is 5.82 Å². The van der Waals surface area contributed by atoms with Crippen molar-refractivity contribution in [2.45, 2.75) is 45.1 Å². The van der Waals surface area contributed by atoms with Crippen LogP contribution in [0.25, 0.3) is 0 Å². The molecule has 2 saturated heterocycles. The molecule has 5 heteroatoms. The molecular weight excluding hydrogens is 252 g/mol. The predicted octanol–water partition coefficient (Wildman–Crippen LogP) is 1.30. The molecule has 2 atom stereocenters. The summed E-state index contributed by atoms with van der Waals surface area (Å²) in [5, 5.41) is 3.62. The highest BCUT2D eigenvalue weighted by atomic mass is 16.1. The van der Waals surface area contributed by atoms with Crippen LogP contribution >= 0.6 is 0 Å². The van der Waals surface area contributed by atoms with Crippen molar-refractivity contribution >= 4 is 5.82 Å². The zero-order valence-corrected chi connectivity index (χ0v) is 12.2. The van der Waals surface area contributed by atoms with Gasteiger partial charge in [0.05, 0.1) is 0 Å². The van der Waals surface area contributed by atoms with E-state index < -0.39 is 0 Å². The zero-order chi connectivity index (χ0) is 13.9. The summed E-state index contributed by atoms with van der Waals surface area (Å²) >= 11 is 0. The molecule has 0 bridgehead atoms. The largest absolute Gasteiger partial charge is 0.356 e. The Balaban J connectivity index is 1.75. The minimum Gasteiger partial charge on any atom is -0.356 e. The van der Waals surface area contributed by atoms with Crippen molar-refractivity contribution in [1.29, 1.82) is 0 Å². The van der Waals surface area contributed by atoms with E-state index in [1.807, 2.05) is 6.92 Å². The zero-order valence-electron chi connectivity index (χ0n) is 12.2. The topological polar surface area (TPSA) is 61.0 Å². The molecule has 110 valence electrons. The fourth-order valence-electron chi connectivity index (χ4n) is 3.48. The van der Waals surface area contributed by atoms with E-state index in [9.17, 15) is 4.79 Å². The Morgan fingerprint density at radius 2 is 2.30 bits per heavy atom. The number of aryl methyl sites for hydroxylation is 1. The summed E-state index contributed by atoms with van der Waals surface area (Å²) in [6, 6.07) is 2.30. The SMILES string of the molecule is CCc1nc(N2CCCC(C3CCCN3)C2)cc(=O)[nH]1. The molecule has 0 spiro atoms. The summed E-state index contributed by atoms with van der Waals surface area (Å²) in [5.41, 5.74) is -0.0343. The molecule has 0 saturated carbocycles. The van der Waals surface area contributed by atoms with Crippen molar-refractivity contribution in [3.05, 3.63) is 22.2 Å². The van der Waals surface area contributed by atoms with E-state index in [1.165, 1.54) is 25.7 Å². The predicted molar refractivity (Wildman–Crippen MR) is 80.2 cm³/mol. The standard InChI is InChI=1S/C15H24N4O/c1-2-13-17-14(9-15(20)18-13)19-8-4-5-11(10-19)12-6-3-7-16-12/h9,11-12,16H,2-8,10H2,1H3,(H,17,18,20). The lowest BCUT2D eigenvalue weighted by molar-refractivity contribution is 0.327. The highest BCUT2D eigenvalue weighted by Gasteiger charge is 2.29. The minimum absolute atomic E-state index is 0.0343. The first-order valence-corrected chi connectivity index (χ1v) is 7.85. The maximum Gasteiger partial charge on any atom is 0.252 e. The molecule has 0 aliphatic carbocycles. The van der Waals surface area contributed by atoms with Crippen molar-refractivity contribution in [2.24, 2.45) is 5.92 Å². The second-order valence-electron chi connectivity index (χ2n) is 5.96. The molecule has 2 N–H and O–H groups in total. The number of aromatic amines is 1. The van der Waals surface area contributed by atoms with Crippen molar-refractivity contribution in [3.63, 3.8) is 0 Å². The number of rotatable bonds is 3. The summed E-state index contributed by atoms with van der Waals surface area (Å²) in [6.45, 7) is 5.22. The van der Waals surface area contributed by atoms with E-state index in [4.69, 9.17) is 0 Å². The molecule has 1 aromatic rings. The van der Waals surface area contributed by atoms with Gasteiger partial charge in [-0.1, -0.05) is 6.92 Å². The first-order valence-electron chi connectivity index (χ1n) is 7.85. The summed E-state index contributed by atoms with van der Waals surface area (Å²) in [7, 11) is 0. The van der Waals surface area contributed by atoms with E-state index in [0.29, 0.717) is 12.0 Å². The maximum absolute atomic E-state index is 11.7. The molecule has 2 unspecified atom stereocenters. The fraction of sp³-hybridized carbons (Fsp3) is 0.733. The van der Waals surface area contributed by atoms with E-state index in [0.717, 1.165) is 37.7 Å². The normalized spacial score (nSPS) is 26.9. The molecule has 0 aromatic carbocycles. The van der Waals surface area contributed by atoms with Gasteiger partial charge in [-0.25, -0.2) is 4.98 Å². The van der Waals surface area contributed by atoms with Crippen LogP contribution in [-0.4, -0.2) is 35.6 Å². The average molecular weight is 276 g/mol.